The van der Waals surface area contributed by atoms with Crippen molar-refractivity contribution in [2.45, 2.75) is 20.0 Å². The Morgan fingerprint density at radius 3 is 2.32 bits per heavy atom. The van der Waals surface area contributed by atoms with Gasteiger partial charge >= 0.3 is 5.97 Å². The average Bonchev–Trinajstić information content (AvgIpc) is 3.07. The molecule has 31 heavy (non-hydrogen) atoms. The molecule has 0 unspecified atom stereocenters. The zero-order chi connectivity index (χ0) is 21.8. The summed E-state index contributed by atoms with van der Waals surface area (Å²) in [4.78, 5) is 26.9. The summed E-state index contributed by atoms with van der Waals surface area (Å²) in [7, 11) is 0. The molecule has 1 aliphatic rings. The van der Waals surface area contributed by atoms with Gasteiger partial charge in [0.05, 0.1) is 18.8 Å². The fraction of sp³-hybridized carbons (Fsp3) is 0.200. The second kappa shape index (κ2) is 8.92. The van der Waals surface area contributed by atoms with E-state index < -0.39 is 0 Å². The van der Waals surface area contributed by atoms with E-state index in [0.717, 1.165) is 22.7 Å². The van der Waals surface area contributed by atoms with Crippen molar-refractivity contribution in [2.75, 3.05) is 23.4 Å². The maximum absolute atomic E-state index is 13.2. The standard InChI is InChI=1S/C25H24N2O4/c1-3-30-20-15-13-19(14-16-20)27-23(21-7-5-6-8-22(21)24(27)28)26-18-11-9-17(10-12-18)25(29)31-4-2/h5-16,23,26H,3-4H2,1-2H3/t23-/m1/s1. The number of anilines is 2. The van der Waals surface area contributed by atoms with Crippen LogP contribution in [0.15, 0.2) is 72.8 Å². The van der Waals surface area contributed by atoms with Crippen LogP contribution in [0.3, 0.4) is 0 Å². The molecule has 4 rings (SSSR count). The van der Waals surface area contributed by atoms with Crippen LogP contribution in [0, 0.1) is 0 Å². The van der Waals surface area contributed by atoms with Crippen molar-refractivity contribution in [1.29, 1.82) is 0 Å². The highest BCUT2D eigenvalue weighted by molar-refractivity contribution is 6.11. The lowest BCUT2D eigenvalue weighted by atomic mass is 10.1. The van der Waals surface area contributed by atoms with Crippen LogP contribution in [0.1, 0.15) is 46.3 Å². The van der Waals surface area contributed by atoms with Crippen LogP contribution >= 0.6 is 0 Å². The fourth-order valence-electron chi connectivity index (χ4n) is 3.67. The van der Waals surface area contributed by atoms with Gasteiger partial charge in [-0.05, 0) is 68.4 Å². The van der Waals surface area contributed by atoms with Crippen LogP contribution in [-0.4, -0.2) is 25.1 Å². The highest BCUT2D eigenvalue weighted by Crippen LogP contribution is 2.38. The number of amides is 1. The smallest absolute Gasteiger partial charge is 0.338 e. The minimum atomic E-state index is -0.380. The fourth-order valence-corrected chi connectivity index (χ4v) is 3.67. The lowest BCUT2D eigenvalue weighted by molar-refractivity contribution is 0.0526. The van der Waals surface area contributed by atoms with E-state index >= 15 is 0 Å². The molecule has 1 heterocycles. The number of carbonyl (C=O) groups is 2. The topological polar surface area (TPSA) is 67.9 Å². The largest absolute Gasteiger partial charge is 0.494 e. The molecular weight excluding hydrogens is 392 g/mol. The third kappa shape index (κ3) is 4.10. The molecule has 0 saturated heterocycles. The Morgan fingerprint density at radius 2 is 1.65 bits per heavy atom. The van der Waals surface area contributed by atoms with Gasteiger partial charge in [-0.15, -0.1) is 0 Å². The Hall–Kier alpha value is -3.80. The van der Waals surface area contributed by atoms with E-state index in [1.54, 1.807) is 24.0 Å². The molecule has 6 heteroatoms. The van der Waals surface area contributed by atoms with Crippen molar-refractivity contribution in [3.63, 3.8) is 0 Å². The van der Waals surface area contributed by atoms with E-state index in [1.807, 2.05) is 67.6 Å². The van der Waals surface area contributed by atoms with Gasteiger partial charge in [0.2, 0.25) is 0 Å². The number of hydrogen-bond donors (Lipinski definition) is 1. The number of fused-ring (bicyclic) bond motifs is 1. The molecule has 0 fully saturated rings. The molecule has 0 saturated carbocycles. The minimum absolute atomic E-state index is 0.0691. The quantitative estimate of drug-likeness (QED) is 0.547. The van der Waals surface area contributed by atoms with E-state index in [-0.39, 0.29) is 18.0 Å². The lowest BCUT2D eigenvalue weighted by Crippen LogP contribution is -2.32. The Bertz CT molecular complexity index is 1080. The number of esters is 1. The minimum Gasteiger partial charge on any atom is -0.494 e. The number of benzene rings is 3. The van der Waals surface area contributed by atoms with E-state index in [2.05, 4.69) is 5.32 Å². The third-order valence-corrected chi connectivity index (χ3v) is 5.09. The summed E-state index contributed by atoms with van der Waals surface area (Å²) in [5, 5.41) is 3.44. The summed E-state index contributed by atoms with van der Waals surface area (Å²) in [6.45, 7) is 4.62. The van der Waals surface area contributed by atoms with Gasteiger partial charge in [0.15, 0.2) is 0 Å². The summed E-state index contributed by atoms with van der Waals surface area (Å²) in [6, 6.07) is 22.1. The van der Waals surface area contributed by atoms with Crippen LogP contribution < -0.4 is 15.0 Å². The first kappa shape index (κ1) is 20.5. The first-order valence-corrected chi connectivity index (χ1v) is 10.3. The van der Waals surface area contributed by atoms with Crippen molar-refractivity contribution >= 4 is 23.3 Å². The molecule has 0 aromatic heterocycles. The summed E-state index contributed by atoms with van der Waals surface area (Å²) in [5.41, 5.74) is 3.61. The van der Waals surface area contributed by atoms with Gasteiger partial charge in [0.25, 0.3) is 5.91 Å². The normalized spacial score (nSPS) is 14.8. The SMILES string of the molecule is CCOC(=O)c1ccc(N[C@H]2c3ccccc3C(=O)N2c2ccc(OCC)cc2)cc1. The summed E-state index contributed by atoms with van der Waals surface area (Å²) in [6.07, 6.45) is -0.380. The van der Waals surface area contributed by atoms with Crippen molar-refractivity contribution in [3.05, 3.63) is 89.5 Å². The predicted octanol–water partition coefficient (Wildman–Crippen LogP) is 5.03. The van der Waals surface area contributed by atoms with E-state index in [0.29, 0.717) is 24.3 Å². The molecule has 1 atom stereocenters. The van der Waals surface area contributed by atoms with Gasteiger partial charge in [0, 0.05) is 22.5 Å². The van der Waals surface area contributed by atoms with Crippen molar-refractivity contribution in [2.24, 2.45) is 0 Å². The highest BCUT2D eigenvalue weighted by atomic mass is 16.5. The van der Waals surface area contributed by atoms with Gasteiger partial charge < -0.3 is 14.8 Å². The van der Waals surface area contributed by atoms with E-state index in [4.69, 9.17) is 9.47 Å². The first-order valence-electron chi connectivity index (χ1n) is 10.3. The van der Waals surface area contributed by atoms with E-state index in [1.165, 1.54) is 0 Å². The second-order valence-electron chi connectivity index (χ2n) is 7.03. The molecule has 1 N–H and O–H groups in total. The zero-order valence-corrected chi connectivity index (χ0v) is 17.5. The van der Waals surface area contributed by atoms with Gasteiger partial charge in [0.1, 0.15) is 11.9 Å². The maximum Gasteiger partial charge on any atom is 0.338 e. The molecule has 0 spiro atoms. The van der Waals surface area contributed by atoms with E-state index in [9.17, 15) is 9.59 Å². The predicted molar refractivity (Wildman–Crippen MR) is 120 cm³/mol. The second-order valence-corrected chi connectivity index (χ2v) is 7.03. The van der Waals surface area contributed by atoms with Crippen LogP contribution in [0.4, 0.5) is 11.4 Å². The number of nitrogens with one attached hydrogen (secondary N) is 1. The summed E-state index contributed by atoms with van der Waals surface area (Å²) in [5.74, 6) is 0.335. The van der Waals surface area contributed by atoms with Crippen molar-refractivity contribution in [3.8, 4) is 5.75 Å². The molecule has 0 radical (unpaired) electrons. The average molecular weight is 416 g/mol. The number of rotatable bonds is 7. The van der Waals surface area contributed by atoms with Crippen molar-refractivity contribution < 1.29 is 19.1 Å². The number of hydrogen-bond acceptors (Lipinski definition) is 5. The third-order valence-electron chi connectivity index (χ3n) is 5.09. The molecule has 6 nitrogen and oxygen atoms in total. The molecule has 3 aromatic carbocycles. The lowest BCUT2D eigenvalue weighted by Gasteiger charge is -2.27. The molecule has 0 aliphatic carbocycles. The number of carbonyl (C=O) groups excluding carboxylic acids is 2. The number of ether oxygens (including phenoxy) is 2. The number of nitrogens with zero attached hydrogens (tertiary/aromatic N) is 1. The first-order chi connectivity index (χ1) is 15.1. The molecule has 1 aliphatic heterocycles. The Kier molecular flexibility index (Phi) is 5.89. The van der Waals surface area contributed by atoms with Gasteiger partial charge in [-0.3, -0.25) is 9.69 Å². The molecular formula is C25H24N2O4. The Labute approximate surface area is 181 Å². The van der Waals surface area contributed by atoms with Crippen LogP contribution in [0.25, 0.3) is 0 Å². The zero-order valence-electron chi connectivity index (χ0n) is 17.5. The van der Waals surface area contributed by atoms with Crippen LogP contribution in [-0.2, 0) is 4.74 Å². The molecule has 0 bridgehead atoms. The monoisotopic (exact) mass is 416 g/mol. The van der Waals surface area contributed by atoms with Gasteiger partial charge in [-0.25, -0.2) is 4.79 Å². The summed E-state index contributed by atoms with van der Waals surface area (Å²) >= 11 is 0. The van der Waals surface area contributed by atoms with Gasteiger partial charge in [-0.1, -0.05) is 18.2 Å². The molecule has 1 amide bonds. The highest BCUT2D eigenvalue weighted by Gasteiger charge is 2.37. The maximum atomic E-state index is 13.2. The van der Waals surface area contributed by atoms with Gasteiger partial charge in [-0.2, -0.15) is 0 Å². The molecule has 158 valence electrons. The summed E-state index contributed by atoms with van der Waals surface area (Å²) < 4.78 is 10.6. The Balaban J connectivity index is 1.64. The molecule has 3 aromatic rings. The van der Waals surface area contributed by atoms with Crippen LogP contribution in [0.5, 0.6) is 5.75 Å². The van der Waals surface area contributed by atoms with Crippen LogP contribution in [0.2, 0.25) is 0 Å². The Morgan fingerprint density at radius 1 is 0.935 bits per heavy atom. The van der Waals surface area contributed by atoms with Crippen molar-refractivity contribution in [1.82, 2.24) is 0 Å².